The van der Waals surface area contributed by atoms with Crippen LogP contribution in [0.25, 0.3) is 0 Å². The van der Waals surface area contributed by atoms with E-state index in [1.807, 2.05) is 11.1 Å². The van der Waals surface area contributed by atoms with E-state index in [1.165, 1.54) is 5.56 Å². The van der Waals surface area contributed by atoms with Crippen LogP contribution in [0.5, 0.6) is 0 Å². The zero-order chi connectivity index (χ0) is 20.1. The molecule has 0 aliphatic carbocycles. The molecular formula is C22H35N5O2. The summed E-state index contributed by atoms with van der Waals surface area (Å²) in [5.74, 6) is 1.64. The summed E-state index contributed by atoms with van der Waals surface area (Å²) in [5.41, 5.74) is 1.27. The third-order valence-corrected chi connectivity index (χ3v) is 6.69. The standard InChI is InChI=1S/C22H35N5O2/c1-2-4-18-15-23-17-24-21(18)25-9-6-20(7-10-25)27-8-3-5-19(16-27)22(28)26-11-13-29-14-12-26/h15,17,19-20H,2-14,16H2,1H3. The van der Waals surface area contributed by atoms with E-state index < -0.39 is 0 Å². The molecular weight excluding hydrogens is 366 g/mol. The molecule has 160 valence electrons. The van der Waals surface area contributed by atoms with Crippen LogP contribution in [-0.4, -0.2) is 84.2 Å². The van der Waals surface area contributed by atoms with Gasteiger partial charge in [-0.2, -0.15) is 0 Å². The van der Waals surface area contributed by atoms with E-state index in [1.54, 1.807) is 6.33 Å². The quantitative estimate of drug-likeness (QED) is 0.752. The molecule has 1 aromatic heterocycles. The summed E-state index contributed by atoms with van der Waals surface area (Å²) in [6, 6.07) is 0.586. The van der Waals surface area contributed by atoms with Crippen molar-refractivity contribution in [1.29, 1.82) is 0 Å². The van der Waals surface area contributed by atoms with E-state index in [0.717, 1.165) is 83.6 Å². The molecule has 7 heteroatoms. The van der Waals surface area contributed by atoms with E-state index in [0.29, 0.717) is 25.2 Å². The van der Waals surface area contributed by atoms with Gasteiger partial charge in [-0.1, -0.05) is 13.3 Å². The number of likely N-dealkylation sites (tertiary alicyclic amines) is 1. The summed E-state index contributed by atoms with van der Waals surface area (Å²) in [5, 5.41) is 0. The summed E-state index contributed by atoms with van der Waals surface area (Å²) >= 11 is 0. The van der Waals surface area contributed by atoms with Gasteiger partial charge in [-0.25, -0.2) is 9.97 Å². The maximum absolute atomic E-state index is 12.9. The number of rotatable bonds is 5. The zero-order valence-corrected chi connectivity index (χ0v) is 17.8. The number of hydrogen-bond acceptors (Lipinski definition) is 6. The minimum atomic E-state index is 0.165. The topological polar surface area (TPSA) is 61.8 Å². The van der Waals surface area contributed by atoms with Crippen LogP contribution in [0.4, 0.5) is 5.82 Å². The Kier molecular flexibility index (Phi) is 6.98. The average Bonchev–Trinajstić information content (AvgIpc) is 2.80. The molecule has 3 aliphatic rings. The SMILES string of the molecule is CCCc1cncnc1N1CCC(N2CCCC(C(=O)N3CCOCC3)C2)CC1. The Morgan fingerprint density at radius 1 is 1.14 bits per heavy atom. The number of aromatic nitrogens is 2. The highest BCUT2D eigenvalue weighted by Gasteiger charge is 2.34. The van der Waals surface area contributed by atoms with Crippen molar-refractivity contribution in [3.8, 4) is 0 Å². The monoisotopic (exact) mass is 401 g/mol. The van der Waals surface area contributed by atoms with Crippen LogP contribution in [0.15, 0.2) is 12.5 Å². The molecule has 4 heterocycles. The lowest BCUT2D eigenvalue weighted by atomic mass is 9.92. The minimum absolute atomic E-state index is 0.165. The Labute approximate surface area is 174 Å². The van der Waals surface area contributed by atoms with Gasteiger partial charge in [-0.3, -0.25) is 9.69 Å². The number of carbonyl (C=O) groups excluding carboxylic acids is 1. The van der Waals surface area contributed by atoms with E-state index in [4.69, 9.17) is 4.74 Å². The van der Waals surface area contributed by atoms with Gasteiger partial charge in [-0.15, -0.1) is 0 Å². The Balaban J connectivity index is 1.32. The van der Waals surface area contributed by atoms with Crippen LogP contribution in [0, 0.1) is 5.92 Å². The summed E-state index contributed by atoms with van der Waals surface area (Å²) in [4.78, 5) is 28.8. The molecule has 0 bridgehead atoms. The molecule has 1 amide bonds. The van der Waals surface area contributed by atoms with Crippen LogP contribution in [0.2, 0.25) is 0 Å². The first-order chi connectivity index (χ1) is 14.3. The van der Waals surface area contributed by atoms with Crippen molar-refractivity contribution >= 4 is 11.7 Å². The largest absolute Gasteiger partial charge is 0.378 e. The smallest absolute Gasteiger partial charge is 0.227 e. The van der Waals surface area contributed by atoms with Gasteiger partial charge in [0.25, 0.3) is 0 Å². The number of morpholine rings is 1. The second-order valence-corrected chi connectivity index (χ2v) is 8.61. The molecule has 3 saturated heterocycles. The molecule has 3 aliphatic heterocycles. The van der Waals surface area contributed by atoms with Crippen molar-refractivity contribution in [1.82, 2.24) is 19.8 Å². The Morgan fingerprint density at radius 3 is 2.69 bits per heavy atom. The highest BCUT2D eigenvalue weighted by atomic mass is 16.5. The molecule has 7 nitrogen and oxygen atoms in total. The molecule has 1 atom stereocenters. The molecule has 0 N–H and O–H groups in total. The third kappa shape index (κ3) is 4.89. The first-order valence-corrected chi connectivity index (χ1v) is 11.4. The van der Waals surface area contributed by atoms with Gasteiger partial charge >= 0.3 is 0 Å². The molecule has 4 rings (SSSR count). The maximum atomic E-state index is 12.9. The number of amides is 1. The van der Waals surface area contributed by atoms with Crippen LogP contribution in [0.1, 0.15) is 44.6 Å². The lowest BCUT2D eigenvalue weighted by Crippen LogP contribution is -2.52. The number of ether oxygens (including phenoxy) is 1. The summed E-state index contributed by atoms with van der Waals surface area (Å²) in [7, 11) is 0. The first kappa shape index (κ1) is 20.5. The average molecular weight is 402 g/mol. The fourth-order valence-corrected chi connectivity index (χ4v) is 5.11. The van der Waals surface area contributed by atoms with Crippen LogP contribution in [-0.2, 0) is 16.0 Å². The minimum Gasteiger partial charge on any atom is -0.378 e. The van der Waals surface area contributed by atoms with Gasteiger partial charge in [0.2, 0.25) is 5.91 Å². The molecule has 3 fully saturated rings. The van der Waals surface area contributed by atoms with Crippen LogP contribution >= 0.6 is 0 Å². The highest BCUT2D eigenvalue weighted by Crippen LogP contribution is 2.28. The molecule has 29 heavy (non-hydrogen) atoms. The lowest BCUT2D eigenvalue weighted by Gasteiger charge is -2.43. The number of hydrogen-bond donors (Lipinski definition) is 0. The van der Waals surface area contributed by atoms with Crippen molar-refractivity contribution in [2.75, 3.05) is 57.4 Å². The van der Waals surface area contributed by atoms with Gasteiger partial charge in [0, 0.05) is 50.5 Å². The summed E-state index contributed by atoms with van der Waals surface area (Å²) in [6.07, 6.45) is 10.3. The summed E-state index contributed by atoms with van der Waals surface area (Å²) in [6.45, 7) is 9.22. The second kappa shape index (κ2) is 9.85. The van der Waals surface area contributed by atoms with Crippen LogP contribution in [0.3, 0.4) is 0 Å². The van der Waals surface area contributed by atoms with Crippen LogP contribution < -0.4 is 4.90 Å². The van der Waals surface area contributed by atoms with E-state index in [2.05, 4.69) is 26.7 Å². The van der Waals surface area contributed by atoms with Gasteiger partial charge in [0.15, 0.2) is 0 Å². The highest BCUT2D eigenvalue weighted by molar-refractivity contribution is 5.79. The fourth-order valence-electron chi connectivity index (χ4n) is 5.11. The van der Waals surface area contributed by atoms with E-state index in [9.17, 15) is 4.79 Å². The van der Waals surface area contributed by atoms with Crippen molar-refractivity contribution in [3.63, 3.8) is 0 Å². The van der Waals surface area contributed by atoms with E-state index in [-0.39, 0.29) is 5.92 Å². The fraction of sp³-hybridized carbons (Fsp3) is 0.773. The third-order valence-electron chi connectivity index (χ3n) is 6.69. The Bertz CT molecular complexity index is 671. The van der Waals surface area contributed by atoms with Gasteiger partial charge in [0.05, 0.1) is 19.1 Å². The number of aryl methyl sites for hydroxylation is 1. The van der Waals surface area contributed by atoms with Gasteiger partial charge in [0.1, 0.15) is 12.1 Å². The number of carbonyl (C=O) groups is 1. The van der Waals surface area contributed by atoms with Crippen molar-refractivity contribution in [3.05, 3.63) is 18.1 Å². The van der Waals surface area contributed by atoms with Gasteiger partial charge in [-0.05, 0) is 38.6 Å². The number of piperidine rings is 2. The molecule has 0 spiro atoms. The summed E-state index contributed by atoms with van der Waals surface area (Å²) < 4.78 is 5.41. The Hall–Kier alpha value is -1.73. The van der Waals surface area contributed by atoms with E-state index >= 15 is 0 Å². The molecule has 0 aromatic carbocycles. The van der Waals surface area contributed by atoms with Crippen molar-refractivity contribution in [2.24, 2.45) is 5.92 Å². The lowest BCUT2D eigenvalue weighted by molar-refractivity contribution is -0.141. The predicted molar refractivity (Wildman–Crippen MR) is 113 cm³/mol. The molecule has 0 radical (unpaired) electrons. The zero-order valence-electron chi connectivity index (χ0n) is 17.8. The van der Waals surface area contributed by atoms with Crippen molar-refractivity contribution in [2.45, 2.75) is 51.5 Å². The predicted octanol–water partition coefficient (Wildman–Crippen LogP) is 1.97. The molecule has 0 saturated carbocycles. The Morgan fingerprint density at radius 2 is 1.93 bits per heavy atom. The van der Waals surface area contributed by atoms with Gasteiger partial charge < -0.3 is 14.5 Å². The number of anilines is 1. The maximum Gasteiger partial charge on any atom is 0.227 e. The second-order valence-electron chi connectivity index (χ2n) is 8.61. The van der Waals surface area contributed by atoms with Crippen molar-refractivity contribution < 1.29 is 9.53 Å². The number of nitrogens with zero attached hydrogens (tertiary/aromatic N) is 5. The first-order valence-electron chi connectivity index (χ1n) is 11.4. The molecule has 1 unspecified atom stereocenters. The molecule has 1 aromatic rings. The normalized spacial score (nSPS) is 24.7.